The molecule has 0 spiro atoms. The van der Waals surface area contributed by atoms with Crippen LogP contribution in [0.2, 0.25) is 0 Å². The fourth-order valence-electron chi connectivity index (χ4n) is 4.02. The molecule has 1 aromatic carbocycles. The Balaban J connectivity index is 1.81. The van der Waals surface area contributed by atoms with E-state index in [2.05, 4.69) is 26.0 Å². The molecule has 3 heteroatoms. The van der Waals surface area contributed by atoms with E-state index < -0.39 is 0 Å². The molecule has 0 unspecified atom stereocenters. The van der Waals surface area contributed by atoms with E-state index in [0.29, 0.717) is 12.2 Å². The van der Waals surface area contributed by atoms with E-state index in [1.807, 2.05) is 33.8 Å². The van der Waals surface area contributed by atoms with Gasteiger partial charge in [-0.1, -0.05) is 28.9 Å². The van der Waals surface area contributed by atoms with E-state index in [-0.39, 0.29) is 11.4 Å². The maximum atomic E-state index is 11.8. The molecule has 0 saturated heterocycles. The van der Waals surface area contributed by atoms with Gasteiger partial charge in [-0.15, -0.1) is 0 Å². The lowest BCUT2D eigenvalue weighted by Crippen LogP contribution is -2.36. The van der Waals surface area contributed by atoms with E-state index >= 15 is 0 Å². The lowest BCUT2D eigenvalue weighted by molar-refractivity contribution is -0.114. The highest BCUT2D eigenvalue weighted by atomic mass is 16.5. The second kappa shape index (κ2) is 10.7. The van der Waals surface area contributed by atoms with Gasteiger partial charge in [0.05, 0.1) is 0 Å². The molecule has 164 valence electrons. The molecular formula is C27H38O3. The first-order valence-corrected chi connectivity index (χ1v) is 11.1. The summed E-state index contributed by atoms with van der Waals surface area (Å²) in [6.45, 7) is 12.3. The molecular weight excluding hydrogens is 372 g/mol. The number of carbonyl (C=O) groups excluding carboxylic acids is 1. The molecule has 0 saturated carbocycles. The first-order valence-electron chi connectivity index (χ1n) is 11.1. The summed E-state index contributed by atoms with van der Waals surface area (Å²) in [5, 5.41) is 9.80. The number of ketones is 1. The Hall–Kier alpha value is -2.29. The van der Waals surface area contributed by atoms with Crippen LogP contribution in [0, 0.1) is 6.92 Å². The van der Waals surface area contributed by atoms with Gasteiger partial charge in [0.2, 0.25) is 0 Å². The zero-order chi connectivity index (χ0) is 22.3. The zero-order valence-electron chi connectivity index (χ0n) is 19.6. The Labute approximate surface area is 182 Å². The lowest BCUT2D eigenvalue weighted by atomic mass is 9.87. The quantitative estimate of drug-likeness (QED) is 0.347. The van der Waals surface area contributed by atoms with Gasteiger partial charge >= 0.3 is 0 Å². The van der Waals surface area contributed by atoms with E-state index in [0.717, 1.165) is 66.5 Å². The van der Waals surface area contributed by atoms with Gasteiger partial charge < -0.3 is 9.84 Å². The van der Waals surface area contributed by atoms with Crippen molar-refractivity contribution in [2.45, 2.75) is 92.1 Å². The maximum Gasteiger partial charge on any atom is 0.159 e. The third-order valence-corrected chi connectivity index (χ3v) is 5.71. The van der Waals surface area contributed by atoms with Crippen LogP contribution in [0.4, 0.5) is 0 Å². The molecule has 30 heavy (non-hydrogen) atoms. The van der Waals surface area contributed by atoms with Gasteiger partial charge in [-0.2, -0.15) is 0 Å². The largest absolute Gasteiger partial charge is 0.508 e. The number of fused-ring (bicyclic) bond motifs is 1. The second-order valence-electron chi connectivity index (χ2n) is 9.35. The van der Waals surface area contributed by atoms with Gasteiger partial charge in [-0.3, -0.25) is 4.79 Å². The number of phenolic OH excluding ortho intramolecular Hbond substituents is 1. The highest BCUT2D eigenvalue weighted by Gasteiger charge is 2.31. The van der Waals surface area contributed by atoms with Crippen molar-refractivity contribution in [1.82, 2.24) is 0 Å². The molecule has 0 aromatic heterocycles. The Morgan fingerprint density at radius 3 is 2.53 bits per heavy atom. The van der Waals surface area contributed by atoms with E-state index in [4.69, 9.17) is 4.74 Å². The van der Waals surface area contributed by atoms with Crippen molar-refractivity contribution in [2.24, 2.45) is 0 Å². The molecule has 2 rings (SSSR count). The van der Waals surface area contributed by atoms with Crippen molar-refractivity contribution >= 4 is 5.78 Å². The predicted molar refractivity (Wildman–Crippen MR) is 125 cm³/mol. The number of aromatic hydroxyl groups is 1. The number of aryl methyl sites for hydroxylation is 2. The Morgan fingerprint density at radius 2 is 1.83 bits per heavy atom. The Kier molecular flexibility index (Phi) is 8.52. The number of rotatable bonds is 9. The summed E-state index contributed by atoms with van der Waals surface area (Å²) >= 11 is 0. The van der Waals surface area contributed by atoms with Crippen molar-refractivity contribution in [3.8, 4) is 11.5 Å². The summed E-state index contributed by atoms with van der Waals surface area (Å²) in [5.74, 6) is 1.46. The molecule has 1 aliphatic rings. The molecule has 0 aliphatic carbocycles. The number of hydrogen-bond acceptors (Lipinski definition) is 3. The van der Waals surface area contributed by atoms with Crippen molar-refractivity contribution in [3.63, 3.8) is 0 Å². The molecule has 1 aromatic rings. The smallest absolute Gasteiger partial charge is 0.159 e. The molecule has 1 atom stereocenters. The van der Waals surface area contributed by atoms with Crippen molar-refractivity contribution < 1.29 is 14.6 Å². The summed E-state index contributed by atoms with van der Waals surface area (Å²) < 4.78 is 6.38. The molecule has 0 fully saturated rings. The Morgan fingerprint density at radius 1 is 1.13 bits per heavy atom. The van der Waals surface area contributed by atoms with Gasteiger partial charge in [0, 0.05) is 6.42 Å². The number of benzene rings is 1. The fraction of sp³-hybridized carbons (Fsp3) is 0.519. The van der Waals surface area contributed by atoms with Gasteiger partial charge in [-0.05, 0) is 109 Å². The van der Waals surface area contributed by atoms with Gasteiger partial charge in [0.15, 0.2) is 5.78 Å². The zero-order valence-corrected chi connectivity index (χ0v) is 19.6. The van der Waals surface area contributed by atoms with Crippen LogP contribution < -0.4 is 4.74 Å². The molecule has 1 aliphatic heterocycles. The third-order valence-electron chi connectivity index (χ3n) is 5.71. The molecule has 0 radical (unpaired) electrons. The number of carbonyl (C=O) groups is 1. The highest BCUT2D eigenvalue weighted by molar-refractivity contribution is 5.91. The van der Waals surface area contributed by atoms with E-state index in [1.165, 1.54) is 5.57 Å². The molecule has 0 bridgehead atoms. The predicted octanol–water partition coefficient (Wildman–Crippen LogP) is 7.16. The van der Waals surface area contributed by atoms with Gasteiger partial charge in [0.25, 0.3) is 0 Å². The number of phenols is 1. The van der Waals surface area contributed by atoms with Crippen LogP contribution in [0.15, 0.2) is 47.1 Å². The average molecular weight is 411 g/mol. The van der Waals surface area contributed by atoms with Gasteiger partial charge in [0.1, 0.15) is 17.1 Å². The molecule has 0 amide bonds. The Bertz CT molecular complexity index is 853. The minimum absolute atomic E-state index is 0.159. The van der Waals surface area contributed by atoms with Crippen LogP contribution >= 0.6 is 0 Å². The van der Waals surface area contributed by atoms with Crippen LogP contribution in [-0.2, 0) is 11.2 Å². The topological polar surface area (TPSA) is 46.5 Å². The van der Waals surface area contributed by atoms with Crippen molar-refractivity contribution in [2.75, 3.05) is 0 Å². The number of hydrogen-bond donors (Lipinski definition) is 1. The van der Waals surface area contributed by atoms with Crippen LogP contribution in [0.1, 0.15) is 84.3 Å². The SMILES string of the molecule is CC(C)=CC(=O)C/C(C)=C/CC/C(C)=C/CC[C@]1(C)CCc2cc(O)cc(C)c2O1. The summed E-state index contributed by atoms with van der Waals surface area (Å²) in [6.07, 6.45) is 12.6. The summed E-state index contributed by atoms with van der Waals surface area (Å²) in [5.41, 5.74) is 5.55. The monoisotopic (exact) mass is 410 g/mol. The standard InChI is InChI=1S/C27H38O3/c1-19(2)15-24(28)16-21(4)10-7-9-20(3)11-8-13-27(6)14-12-23-18-25(29)17-22(5)26(23)30-27/h10-11,15,17-18,29H,7-9,12-14,16H2,1-6H3/b20-11+,21-10+/t27-/m1/s1. The minimum Gasteiger partial charge on any atom is -0.508 e. The van der Waals surface area contributed by atoms with E-state index in [9.17, 15) is 9.90 Å². The molecule has 1 heterocycles. The highest BCUT2D eigenvalue weighted by Crippen LogP contribution is 2.39. The minimum atomic E-state index is -0.159. The number of allylic oxidation sites excluding steroid dienone is 6. The average Bonchev–Trinajstić information content (AvgIpc) is 2.61. The molecule has 1 N–H and O–H groups in total. The second-order valence-corrected chi connectivity index (χ2v) is 9.35. The van der Waals surface area contributed by atoms with Gasteiger partial charge in [-0.25, -0.2) is 0 Å². The first-order chi connectivity index (χ1) is 14.1. The third kappa shape index (κ3) is 7.51. The van der Waals surface area contributed by atoms with Crippen LogP contribution in [0.25, 0.3) is 0 Å². The lowest BCUT2D eigenvalue weighted by Gasteiger charge is -2.36. The maximum absolute atomic E-state index is 11.8. The molecule has 3 nitrogen and oxygen atoms in total. The van der Waals surface area contributed by atoms with Crippen LogP contribution in [0.3, 0.4) is 0 Å². The fourth-order valence-corrected chi connectivity index (χ4v) is 4.02. The van der Waals surface area contributed by atoms with Crippen LogP contribution in [-0.4, -0.2) is 16.5 Å². The summed E-state index contributed by atoms with van der Waals surface area (Å²) in [4.78, 5) is 11.8. The first kappa shape index (κ1) is 24.0. The normalized spacial score (nSPS) is 19.1. The summed E-state index contributed by atoms with van der Waals surface area (Å²) in [6, 6.07) is 3.60. The van der Waals surface area contributed by atoms with Crippen LogP contribution in [0.5, 0.6) is 11.5 Å². The summed E-state index contributed by atoms with van der Waals surface area (Å²) in [7, 11) is 0. The van der Waals surface area contributed by atoms with E-state index in [1.54, 1.807) is 12.1 Å². The van der Waals surface area contributed by atoms with Crippen molar-refractivity contribution in [3.05, 3.63) is 58.2 Å². The van der Waals surface area contributed by atoms with Crippen molar-refractivity contribution in [1.29, 1.82) is 0 Å². The number of ether oxygens (including phenoxy) is 1.